The van der Waals surface area contributed by atoms with E-state index in [1.807, 2.05) is 11.9 Å². The van der Waals surface area contributed by atoms with E-state index in [9.17, 15) is 9.59 Å². The lowest BCUT2D eigenvalue weighted by atomic mass is 9.98. The van der Waals surface area contributed by atoms with Crippen LogP contribution in [0.15, 0.2) is 0 Å². The summed E-state index contributed by atoms with van der Waals surface area (Å²) in [5.74, 6) is 0.410. The summed E-state index contributed by atoms with van der Waals surface area (Å²) in [4.78, 5) is 24.3. The predicted octanol–water partition coefficient (Wildman–Crippen LogP) is -0.419. The topological polar surface area (TPSA) is 61.4 Å². The molecule has 0 aliphatic carbocycles. The van der Waals surface area contributed by atoms with Crippen LogP contribution in [0.2, 0.25) is 0 Å². The van der Waals surface area contributed by atoms with E-state index in [0.717, 1.165) is 26.1 Å². The van der Waals surface area contributed by atoms with Gasteiger partial charge >= 0.3 is 0 Å². The number of piperidine rings is 1. The molecule has 0 spiro atoms. The van der Waals surface area contributed by atoms with E-state index in [2.05, 4.69) is 10.6 Å². The van der Waals surface area contributed by atoms with E-state index in [4.69, 9.17) is 0 Å². The summed E-state index contributed by atoms with van der Waals surface area (Å²) in [6.07, 6.45) is 2.23. The van der Waals surface area contributed by atoms with Crippen molar-refractivity contribution >= 4 is 11.8 Å². The van der Waals surface area contributed by atoms with Crippen LogP contribution in [0.25, 0.3) is 0 Å². The quantitative estimate of drug-likeness (QED) is 0.686. The highest BCUT2D eigenvalue weighted by Gasteiger charge is 2.22. The van der Waals surface area contributed by atoms with Gasteiger partial charge in [-0.05, 0) is 32.4 Å². The molecule has 1 rings (SSSR count). The Bertz CT molecular complexity index is 254. The zero-order valence-electron chi connectivity index (χ0n) is 10.1. The van der Waals surface area contributed by atoms with Crippen LogP contribution >= 0.6 is 0 Å². The van der Waals surface area contributed by atoms with Gasteiger partial charge in [-0.25, -0.2) is 0 Å². The molecule has 16 heavy (non-hydrogen) atoms. The van der Waals surface area contributed by atoms with Crippen LogP contribution in [-0.4, -0.2) is 49.9 Å². The van der Waals surface area contributed by atoms with Gasteiger partial charge < -0.3 is 15.5 Å². The van der Waals surface area contributed by atoms with Gasteiger partial charge in [0.05, 0.1) is 6.54 Å². The molecule has 0 aromatic heterocycles. The zero-order valence-corrected chi connectivity index (χ0v) is 10.1. The first-order chi connectivity index (χ1) is 7.63. The molecule has 1 aliphatic rings. The molecule has 92 valence electrons. The number of carbonyl (C=O) groups is 2. The molecule has 1 unspecified atom stereocenters. The summed E-state index contributed by atoms with van der Waals surface area (Å²) in [6, 6.07) is 0. The summed E-state index contributed by atoms with van der Waals surface area (Å²) in [5, 5.41) is 5.68. The highest BCUT2D eigenvalue weighted by atomic mass is 16.2. The van der Waals surface area contributed by atoms with E-state index in [0.29, 0.717) is 5.92 Å². The van der Waals surface area contributed by atoms with Crippen molar-refractivity contribution in [3.63, 3.8) is 0 Å². The third-order valence-corrected chi connectivity index (χ3v) is 2.85. The molecule has 0 saturated carbocycles. The SMILES string of the molecule is CNCC1CCCN(C(=O)CNC(C)=O)C1. The van der Waals surface area contributed by atoms with Crippen molar-refractivity contribution in [2.75, 3.05) is 33.2 Å². The maximum Gasteiger partial charge on any atom is 0.241 e. The molecule has 2 amide bonds. The van der Waals surface area contributed by atoms with Crippen LogP contribution in [-0.2, 0) is 9.59 Å². The third kappa shape index (κ3) is 4.18. The van der Waals surface area contributed by atoms with Crippen LogP contribution in [0.1, 0.15) is 19.8 Å². The number of rotatable bonds is 4. The second kappa shape index (κ2) is 6.48. The third-order valence-electron chi connectivity index (χ3n) is 2.85. The maximum absolute atomic E-state index is 11.7. The Kier molecular flexibility index (Phi) is 5.25. The van der Waals surface area contributed by atoms with E-state index >= 15 is 0 Å². The monoisotopic (exact) mass is 227 g/mol. The molecular formula is C11H21N3O2. The van der Waals surface area contributed by atoms with Gasteiger partial charge in [0.2, 0.25) is 11.8 Å². The lowest BCUT2D eigenvalue weighted by Crippen LogP contribution is -2.46. The van der Waals surface area contributed by atoms with Crippen LogP contribution in [0.3, 0.4) is 0 Å². The standard InChI is InChI=1S/C11H21N3O2/c1-9(15)13-7-11(16)14-5-3-4-10(8-14)6-12-2/h10,12H,3-8H2,1-2H3,(H,13,15). The zero-order chi connectivity index (χ0) is 12.0. The lowest BCUT2D eigenvalue weighted by Gasteiger charge is -2.32. The van der Waals surface area contributed by atoms with Crippen molar-refractivity contribution < 1.29 is 9.59 Å². The number of likely N-dealkylation sites (tertiary alicyclic amines) is 1. The Labute approximate surface area is 96.6 Å². The number of nitrogens with one attached hydrogen (secondary N) is 2. The van der Waals surface area contributed by atoms with E-state index in [-0.39, 0.29) is 18.4 Å². The van der Waals surface area contributed by atoms with Gasteiger partial charge in [-0.1, -0.05) is 0 Å². The normalized spacial score (nSPS) is 20.6. The van der Waals surface area contributed by atoms with Gasteiger partial charge in [-0.3, -0.25) is 9.59 Å². The fourth-order valence-electron chi connectivity index (χ4n) is 2.06. The first-order valence-corrected chi connectivity index (χ1v) is 5.80. The van der Waals surface area contributed by atoms with Crippen molar-refractivity contribution in [1.29, 1.82) is 0 Å². The van der Waals surface area contributed by atoms with Crippen LogP contribution in [0.4, 0.5) is 0 Å². The summed E-state index contributed by atoms with van der Waals surface area (Å²) < 4.78 is 0. The van der Waals surface area contributed by atoms with Crippen LogP contribution in [0, 0.1) is 5.92 Å². The number of amides is 2. The average Bonchev–Trinajstić information content (AvgIpc) is 2.26. The Morgan fingerprint density at radius 1 is 1.44 bits per heavy atom. The van der Waals surface area contributed by atoms with Crippen molar-refractivity contribution in [1.82, 2.24) is 15.5 Å². The second-order valence-corrected chi connectivity index (χ2v) is 4.32. The fourth-order valence-corrected chi connectivity index (χ4v) is 2.06. The van der Waals surface area contributed by atoms with Gasteiger partial charge in [0, 0.05) is 20.0 Å². The van der Waals surface area contributed by atoms with Gasteiger partial charge in [-0.15, -0.1) is 0 Å². The molecule has 5 heteroatoms. The molecule has 1 saturated heterocycles. The molecular weight excluding hydrogens is 206 g/mol. The van der Waals surface area contributed by atoms with Crippen molar-refractivity contribution in [2.24, 2.45) is 5.92 Å². The molecule has 0 aromatic carbocycles. The van der Waals surface area contributed by atoms with Gasteiger partial charge in [0.15, 0.2) is 0 Å². The first kappa shape index (κ1) is 13.0. The molecule has 0 radical (unpaired) electrons. The van der Waals surface area contributed by atoms with Crippen LogP contribution < -0.4 is 10.6 Å². The number of carbonyl (C=O) groups excluding carboxylic acids is 2. The second-order valence-electron chi connectivity index (χ2n) is 4.32. The minimum atomic E-state index is -0.155. The number of hydrogen-bond donors (Lipinski definition) is 2. The highest BCUT2D eigenvalue weighted by molar-refractivity contribution is 5.83. The highest BCUT2D eigenvalue weighted by Crippen LogP contribution is 2.15. The van der Waals surface area contributed by atoms with Gasteiger partial charge in [0.25, 0.3) is 0 Å². The molecule has 0 bridgehead atoms. The van der Waals surface area contributed by atoms with Crippen molar-refractivity contribution in [3.8, 4) is 0 Å². The molecule has 1 atom stereocenters. The van der Waals surface area contributed by atoms with Crippen molar-refractivity contribution in [3.05, 3.63) is 0 Å². The number of hydrogen-bond acceptors (Lipinski definition) is 3. The minimum absolute atomic E-state index is 0.0241. The summed E-state index contributed by atoms with van der Waals surface area (Å²) in [5.41, 5.74) is 0. The molecule has 5 nitrogen and oxygen atoms in total. The Balaban J connectivity index is 2.34. The largest absolute Gasteiger partial charge is 0.347 e. The lowest BCUT2D eigenvalue weighted by molar-refractivity contribution is -0.134. The molecule has 1 aliphatic heterocycles. The smallest absolute Gasteiger partial charge is 0.241 e. The average molecular weight is 227 g/mol. The van der Waals surface area contributed by atoms with E-state index in [1.165, 1.54) is 13.3 Å². The summed E-state index contributed by atoms with van der Waals surface area (Å²) in [7, 11) is 1.93. The van der Waals surface area contributed by atoms with Crippen molar-refractivity contribution in [2.45, 2.75) is 19.8 Å². The molecule has 1 fully saturated rings. The van der Waals surface area contributed by atoms with E-state index in [1.54, 1.807) is 0 Å². The van der Waals surface area contributed by atoms with Gasteiger partial charge in [-0.2, -0.15) is 0 Å². The Morgan fingerprint density at radius 3 is 2.81 bits per heavy atom. The Morgan fingerprint density at radius 2 is 2.19 bits per heavy atom. The molecule has 0 aromatic rings. The maximum atomic E-state index is 11.7. The predicted molar refractivity (Wildman–Crippen MR) is 61.9 cm³/mol. The molecule has 2 N–H and O–H groups in total. The van der Waals surface area contributed by atoms with Gasteiger partial charge in [0.1, 0.15) is 0 Å². The van der Waals surface area contributed by atoms with E-state index < -0.39 is 0 Å². The summed E-state index contributed by atoms with van der Waals surface area (Å²) >= 11 is 0. The number of nitrogens with zero attached hydrogens (tertiary/aromatic N) is 1. The van der Waals surface area contributed by atoms with Crippen LogP contribution in [0.5, 0.6) is 0 Å². The summed E-state index contributed by atoms with van der Waals surface area (Å²) in [6.45, 7) is 4.12. The molecule has 1 heterocycles. The Hall–Kier alpha value is -1.10. The fraction of sp³-hybridized carbons (Fsp3) is 0.818. The minimum Gasteiger partial charge on any atom is -0.347 e. The first-order valence-electron chi connectivity index (χ1n) is 5.80.